The van der Waals surface area contributed by atoms with E-state index in [0.717, 1.165) is 4.70 Å². The molecule has 14 nitrogen and oxygen atoms in total. The second kappa shape index (κ2) is 12.3. The van der Waals surface area contributed by atoms with Crippen molar-refractivity contribution in [3.8, 4) is 17.2 Å². The number of aromatic hydroxyl groups is 2. The highest BCUT2D eigenvalue weighted by Crippen LogP contribution is 2.52. The number of thiazole rings is 1. The Labute approximate surface area is 259 Å². The van der Waals surface area contributed by atoms with Crippen LogP contribution in [0.5, 0.6) is 17.2 Å². The number of anilines is 1. The highest BCUT2D eigenvalue weighted by atomic mass is 35.5. The van der Waals surface area contributed by atoms with Gasteiger partial charge in [0.15, 0.2) is 22.7 Å². The highest BCUT2D eigenvalue weighted by molar-refractivity contribution is 7.22. The number of nitrogens with one attached hydrogen (secondary N) is 1. The third-order valence-electron chi connectivity index (χ3n) is 8.18. The summed E-state index contributed by atoms with van der Waals surface area (Å²) < 4.78 is 17.4. The Morgan fingerprint density at radius 1 is 1.16 bits per heavy atom. The van der Waals surface area contributed by atoms with Crippen LogP contribution in [-0.2, 0) is 20.8 Å². The fourth-order valence-electron chi connectivity index (χ4n) is 5.92. The van der Waals surface area contributed by atoms with Gasteiger partial charge < -0.3 is 45.1 Å². The van der Waals surface area contributed by atoms with Crippen LogP contribution in [0.25, 0.3) is 10.2 Å². The molecular weight excluding hydrogens is 620 g/mol. The number of rotatable bonds is 7. The molecule has 236 valence electrons. The van der Waals surface area contributed by atoms with E-state index in [0.29, 0.717) is 41.8 Å². The number of carbonyl (C=O) groups is 2. The Balaban J connectivity index is 1.16. The van der Waals surface area contributed by atoms with Gasteiger partial charge in [-0.2, -0.15) is 0 Å². The van der Waals surface area contributed by atoms with Gasteiger partial charge >= 0.3 is 5.97 Å². The predicted molar refractivity (Wildman–Crippen MR) is 157 cm³/mol. The first-order valence-electron chi connectivity index (χ1n) is 13.9. The number of esters is 1. The normalized spacial score (nSPS) is 25.8. The molecule has 1 aromatic heterocycles. The summed E-state index contributed by atoms with van der Waals surface area (Å²) in [6, 6.07) is 5.44. The van der Waals surface area contributed by atoms with Crippen LogP contribution in [-0.4, -0.2) is 123 Å². The first-order valence-corrected chi connectivity index (χ1v) is 15.1. The van der Waals surface area contributed by atoms with Gasteiger partial charge in [-0.15, -0.1) is 0 Å². The maximum atomic E-state index is 13.2. The maximum Gasteiger partial charge on any atom is 0.339 e. The van der Waals surface area contributed by atoms with Gasteiger partial charge in [0.25, 0.3) is 0 Å². The minimum atomic E-state index is -1.59. The molecule has 1 amide bonds. The van der Waals surface area contributed by atoms with Crippen LogP contribution in [0.1, 0.15) is 27.6 Å². The van der Waals surface area contributed by atoms with Gasteiger partial charge in [-0.25, -0.2) is 9.78 Å². The molecule has 0 spiro atoms. The summed E-state index contributed by atoms with van der Waals surface area (Å²) in [6.45, 7) is 1.56. The number of phenolic OH excluding ortho intramolecular Hbond substituents is 2. The number of piperazine rings is 1. The number of hydrogen-bond donors (Lipinski definition) is 6. The fraction of sp³-hybridized carbons (Fsp3) is 0.464. The zero-order valence-electron chi connectivity index (χ0n) is 23.5. The molecule has 3 aliphatic heterocycles. The summed E-state index contributed by atoms with van der Waals surface area (Å²) in [7, 11) is 1.24. The number of aromatic nitrogens is 1. The molecule has 5 atom stereocenters. The van der Waals surface area contributed by atoms with Gasteiger partial charge in [0.1, 0.15) is 29.9 Å². The van der Waals surface area contributed by atoms with Gasteiger partial charge in [-0.1, -0.05) is 29.0 Å². The Morgan fingerprint density at radius 3 is 2.57 bits per heavy atom. The van der Waals surface area contributed by atoms with Crippen LogP contribution in [0.3, 0.4) is 0 Å². The maximum absolute atomic E-state index is 13.2. The van der Waals surface area contributed by atoms with Crippen LogP contribution < -0.4 is 10.1 Å². The molecule has 4 heterocycles. The average Bonchev–Trinajstić information content (AvgIpc) is 3.42. The molecule has 6 rings (SSSR count). The van der Waals surface area contributed by atoms with Crippen molar-refractivity contribution in [3.63, 3.8) is 0 Å². The molecule has 0 aliphatic carbocycles. The van der Waals surface area contributed by atoms with Gasteiger partial charge in [-0.3, -0.25) is 14.6 Å². The number of phenols is 2. The quantitative estimate of drug-likeness (QED) is 0.197. The van der Waals surface area contributed by atoms with E-state index < -0.39 is 54.6 Å². The monoisotopic (exact) mass is 650 g/mol. The standard InChI is InChI=1S/C28H31ClN4O10S/c1-41-25-20(36)12(17-18(22(25)38)24-26(43-27(17)40)23(39)21(37)14(11-34)42-24)9-32-5-7-33(8-6-32)10-16(35)30-28-31-19-13(29)3-2-4-15(19)44-28/h2-4,14,21,23-24,26,34,36-39H,5-11H2,1H3,(H,30,31,35)/t14-,21-,23+,24?,26?/m1/s1. The van der Waals surface area contributed by atoms with E-state index in [1.165, 1.54) is 18.4 Å². The first kappa shape index (κ1) is 30.7. The SMILES string of the molecule is COc1c(O)c(CN2CCN(CC(=O)Nc3nc4c(Cl)cccc4s3)CC2)c2c(c1O)C1O[C@H](CO)[C@@H](O)[C@H](O)C1OC2=O. The lowest BCUT2D eigenvalue weighted by molar-refractivity contribution is -0.235. The van der Waals surface area contributed by atoms with Crippen molar-refractivity contribution < 1.29 is 49.3 Å². The van der Waals surface area contributed by atoms with E-state index in [4.69, 9.17) is 25.8 Å². The summed E-state index contributed by atoms with van der Waals surface area (Å²) in [6.07, 6.45) is -6.95. The molecule has 3 aliphatic rings. The van der Waals surface area contributed by atoms with Gasteiger partial charge in [0.2, 0.25) is 11.7 Å². The first-order chi connectivity index (χ1) is 21.1. The van der Waals surface area contributed by atoms with Gasteiger partial charge in [0, 0.05) is 43.9 Å². The van der Waals surface area contributed by atoms with E-state index in [2.05, 4.69) is 10.3 Å². The number of hydrogen-bond acceptors (Lipinski definition) is 14. The van der Waals surface area contributed by atoms with Crippen molar-refractivity contribution in [1.82, 2.24) is 14.8 Å². The molecule has 0 saturated carbocycles. The number of nitrogens with zero attached hydrogens (tertiary/aromatic N) is 3. The Kier molecular flexibility index (Phi) is 8.56. The number of aliphatic hydroxyl groups is 3. The van der Waals surface area contributed by atoms with Crippen LogP contribution >= 0.6 is 22.9 Å². The second-order valence-corrected chi connectivity index (χ2v) is 12.3. The number of fused-ring (bicyclic) bond motifs is 4. The van der Waals surface area contributed by atoms with E-state index in [1.54, 1.807) is 6.07 Å². The molecular formula is C28H31ClN4O10S. The van der Waals surface area contributed by atoms with Crippen LogP contribution in [0.2, 0.25) is 5.02 Å². The summed E-state index contributed by atoms with van der Waals surface area (Å²) in [5.41, 5.74) is 0.561. The lowest BCUT2D eigenvalue weighted by atomic mass is 9.84. The molecule has 44 heavy (non-hydrogen) atoms. The Hall–Kier alpha value is -3.28. The third kappa shape index (κ3) is 5.43. The number of methoxy groups -OCH3 is 1. The summed E-state index contributed by atoms with van der Waals surface area (Å²) in [4.78, 5) is 34.3. The van der Waals surface area contributed by atoms with Crippen molar-refractivity contribution in [1.29, 1.82) is 0 Å². The van der Waals surface area contributed by atoms with E-state index in [-0.39, 0.29) is 41.4 Å². The lowest BCUT2D eigenvalue weighted by Crippen LogP contribution is -2.58. The molecule has 2 unspecified atom stereocenters. The number of benzene rings is 2. The zero-order valence-corrected chi connectivity index (χ0v) is 25.0. The van der Waals surface area contributed by atoms with E-state index in [1.807, 2.05) is 21.9 Å². The molecule has 0 bridgehead atoms. The molecule has 2 saturated heterocycles. The van der Waals surface area contributed by atoms with Gasteiger partial charge in [0.05, 0.1) is 35.5 Å². The molecule has 0 radical (unpaired) electrons. The summed E-state index contributed by atoms with van der Waals surface area (Å²) in [5, 5.41) is 56.5. The zero-order chi connectivity index (χ0) is 31.3. The molecule has 3 aromatic rings. The van der Waals surface area contributed by atoms with E-state index >= 15 is 0 Å². The predicted octanol–water partition coefficient (Wildman–Crippen LogP) is 0.819. The van der Waals surface area contributed by atoms with Crippen molar-refractivity contribution in [2.24, 2.45) is 0 Å². The van der Waals surface area contributed by atoms with Gasteiger partial charge in [-0.05, 0) is 12.1 Å². The number of amides is 1. The lowest BCUT2D eigenvalue weighted by Gasteiger charge is -2.45. The smallest absolute Gasteiger partial charge is 0.339 e. The highest BCUT2D eigenvalue weighted by Gasteiger charge is 2.53. The van der Waals surface area contributed by atoms with E-state index in [9.17, 15) is 35.1 Å². The third-order valence-corrected chi connectivity index (χ3v) is 9.42. The molecule has 16 heteroatoms. The average molecular weight is 651 g/mol. The Morgan fingerprint density at radius 2 is 1.89 bits per heavy atom. The second-order valence-electron chi connectivity index (χ2n) is 10.8. The minimum absolute atomic E-state index is 0.0632. The number of ether oxygens (including phenoxy) is 3. The topological polar surface area (TPSA) is 194 Å². The van der Waals surface area contributed by atoms with Crippen molar-refractivity contribution in [3.05, 3.63) is 39.9 Å². The van der Waals surface area contributed by atoms with Crippen molar-refractivity contribution in [2.45, 2.75) is 37.1 Å². The number of carbonyl (C=O) groups excluding carboxylic acids is 2. The van der Waals surface area contributed by atoms with Crippen molar-refractivity contribution >= 4 is 50.2 Å². The molecule has 2 fully saturated rings. The molecule has 6 N–H and O–H groups in total. The number of halogens is 1. The van der Waals surface area contributed by atoms with Crippen molar-refractivity contribution in [2.75, 3.05) is 51.8 Å². The minimum Gasteiger partial charge on any atom is -0.504 e. The Bertz CT molecular complexity index is 1600. The summed E-state index contributed by atoms with van der Waals surface area (Å²) >= 11 is 7.53. The van der Waals surface area contributed by atoms with Crippen LogP contribution in [0, 0.1) is 0 Å². The van der Waals surface area contributed by atoms with Crippen LogP contribution in [0.15, 0.2) is 18.2 Å². The van der Waals surface area contributed by atoms with Crippen LogP contribution in [0.4, 0.5) is 5.13 Å². The molecule has 2 aromatic carbocycles. The fourth-order valence-corrected chi connectivity index (χ4v) is 7.11. The summed E-state index contributed by atoms with van der Waals surface area (Å²) in [5.74, 6) is -2.45. The largest absolute Gasteiger partial charge is 0.504 e. The number of aliphatic hydroxyl groups excluding tert-OH is 3. The number of para-hydroxylation sites is 1.